The van der Waals surface area contributed by atoms with Gasteiger partial charge in [0, 0.05) is 23.3 Å². The van der Waals surface area contributed by atoms with E-state index in [2.05, 4.69) is 9.97 Å². The van der Waals surface area contributed by atoms with E-state index in [0.717, 1.165) is 33.7 Å². The number of nitrogens with zero attached hydrogens (tertiary/aromatic N) is 1. The lowest BCUT2D eigenvalue weighted by atomic mass is 10.0. The van der Waals surface area contributed by atoms with Crippen molar-refractivity contribution in [3.8, 4) is 22.6 Å². The van der Waals surface area contributed by atoms with Gasteiger partial charge in [-0.25, -0.2) is 4.98 Å². The largest absolute Gasteiger partial charge is 0.496 e. The van der Waals surface area contributed by atoms with Crippen molar-refractivity contribution in [2.24, 2.45) is 0 Å². The van der Waals surface area contributed by atoms with E-state index < -0.39 is 0 Å². The van der Waals surface area contributed by atoms with E-state index in [9.17, 15) is 0 Å². The number of ether oxygens (including phenoxy) is 2. The summed E-state index contributed by atoms with van der Waals surface area (Å²) in [5, 5.41) is 1.05. The van der Waals surface area contributed by atoms with E-state index in [4.69, 9.17) is 9.47 Å². The first-order valence-electron chi connectivity index (χ1n) is 5.98. The number of H-pyrrole nitrogens is 1. The predicted octanol–water partition coefficient (Wildman–Crippen LogP) is 3.25. The molecule has 2 aromatic heterocycles. The van der Waals surface area contributed by atoms with E-state index in [0.29, 0.717) is 0 Å². The second-order valence-corrected chi connectivity index (χ2v) is 4.14. The molecule has 0 spiro atoms. The Morgan fingerprint density at radius 3 is 2.42 bits per heavy atom. The highest BCUT2D eigenvalue weighted by molar-refractivity contribution is 5.96. The average molecular weight is 254 g/mol. The van der Waals surface area contributed by atoms with Crippen molar-refractivity contribution in [2.45, 2.75) is 0 Å². The van der Waals surface area contributed by atoms with Crippen LogP contribution < -0.4 is 9.47 Å². The van der Waals surface area contributed by atoms with Gasteiger partial charge in [0.15, 0.2) is 0 Å². The second-order valence-electron chi connectivity index (χ2n) is 4.14. The predicted molar refractivity (Wildman–Crippen MR) is 74.6 cm³/mol. The lowest BCUT2D eigenvalue weighted by molar-refractivity contribution is 0.397. The molecule has 0 radical (unpaired) electrons. The van der Waals surface area contributed by atoms with Crippen LogP contribution in [0, 0.1) is 0 Å². The Hall–Kier alpha value is -2.49. The van der Waals surface area contributed by atoms with E-state index in [1.807, 2.05) is 36.5 Å². The number of nitrogens with one attached hydrogen (secondary N) is 1. The number of hydrogen-bond acceptors (Lipinski definition) is 3. The highest BCUT2D eigenvalue weighted by Gasteiger charge is 2.15. The van der Waals surface area contributed by atoms with Crippen LogP contribution in [0.1, 0.15) is 0 Å². The summed E-state index contributed by atoms with van der Waals surface area (Å²) in [5.74, 6) is 1.57. The van der Waals surface area contributed by atoms with E-state index >= 15 is 0 Å². The van der Waals surface area contributed by atoms with E-state index in [-0.39, 0.29) is 0 Å². The maximum atomic E-state index is 5.46. The first-order chi connectivity index (χ1) is 9.35. The molecule has 0 aliphatic rings. The Labute approximate surface area is 111 Å². The Kier molecular flexibility index (Phi) is 2.83. The minimum atomic E-state index is 0.785. The first kappa shape index (κ1) is 11.6. The van der Waals surface area contributed by atoms with Crippen LogP contribution in [0.5, 0.6) is 11.5 Å². The van der Waals surface area contributed by atoms with Crippen molar-refractivity contribution < 1.29 is 9.47 Å². The number of aromatic nitrogens is 2. The Balaban J connectivity index is 2.35. The van der Waals surface area contributed by atoms with Gasteiger partial charge in [0.1, 0.15) is 17.1 Å². The van der Waals surface area contributed by atoms with Gasteiger partial charge in [0.2, 0.25) is 0 Å². The summed E-state index contributed by atoms with van der Waals surface area (Å²) in [5.41, 5.74) is 2.84. The summed E-state index contributed by atoms with van der Waals surface area (Å²) in [6, 6.07) is 9.74. The van der Waals surface area contributed by atoms with Crippen LogP contribution in [0.4, 0.5) is 0 Å². The molecule has 0 aliphatic heterocycles. The van der Waals surface area contributed by atoms with Gasteiger partial charge in [-0.05, 0) is 24.3 Å². The molecule has 0 atom stereocenters. The molecule has 1 aromatic carbocycles. The third-order valence-corrected chi connectivity index (χ3v) is 3.16. The summed E-state index contributed by atoms with van der Waals surface area (Å²) >= 11 is 0. The molecule has 4 nitrogen and oxygen atoms in total. The number of fused-ring (bicyclic) bond motifs is 1. The van der Waals surface area contributed by atoms with E-state index in [1.165, 1.54) is 0 Å². The molecule has 0 aliphatic carbocycles. The third kappa shape index (κ3) is 1.81. The summed E-state index contributed by atoms with van der Waals surface area (Å²) < 4.78 is 10.9. The van der Waals surface area contributed by atoms with Crippen LogP contribution in [0.3, 0.4) is 0 Å². The molecule has 0 saturated heterocycles. The van der Waals surface area contributed by atoms with Crippen LogP contribution in [0.15, 0.2) is 42.7 Å². The molecule has 4 heteroatoms. The number of rotatable bonds is 3. The summed E-state index contributed by atoms with van der Waals surface area (Å²) in [4.78, 5) is 7.41. The standard InChI is InChI=1S/C15H14N2O2/c1-18-12-4-3-5-13(19-2)14(12)10-6-8-16-15-11(10)7-9-17-15/h3-9H,1-2H3,(H,16,17). The number of methoxy groups -OCH3 is 2. The molecule has 19 heavy (non-hydrogen) atoms. The molecule has 1 N–H and O–H groups in total. The van der Waals surface area contributed by atoms with Gasteiger partial charge in [-0.1, -0.05) is 6.07 Å². The maximum absolute atomic E-state index is 5.46. The molecule has 96 valence electrons. The number of hydrogen-bond donors (Lipinski definition) is 1. The minimum Gasteiger partial charge on any atom is -0.496 e. The SMILES string of the molecule is COc1cccc(OC)c1-c1ccnc2[nH]ccc12. The Morgan fingerprint density at radius 2 is 1.74 bits per heavy atom. The van der Waals surface area contributed by atoms with Gasteiger partial charge in [0.25, 0.3) is 0 Å². The van der Waals surface area contributed by atoms with Crippen molar-refractivity contribution in [3.63, 3.8) is 0 Å². The molecule has 0 bridgehead atoms. The lowest BCUT2D eigenvalue weighted by Crippen LogP contribution is -1.93. The quantitative estimate of drug-likeness (QED) is 0.780. The zero-order chi connectivity index (χ0) is 13.2. The van der Waals surface area contributed by atoms with Gasteiger partial charge < -0.3 is 14.5 Å². The Morgan fingerprint density at radius 1 is 1.00 bits per heavy atom. The second kappa shape index (κ2) is 4.65. The molecule has 0 saturated carbocycles. The zero-order valence-corrected chi connectivity index (χ0v) is 10.8. The molecule has 3 rings (SSSR count). The fraction of sp³-hybridized carbons (Fsp3) is 0.133. The molecule has 2 heterocycles. The van der Waals surface area contributed by atoms with Crippen LogP contribution >= 0.6 is 0 Å². The van der Waals surface area contributed by atoms with Crippen LogP contribution in [-0.4, -0.2) is 24.2 Å². The highest BCUT2D eigenvalue weighted by atomic mass is 16.5. The molecule has 3 aromatic rings. The fourth-order valence-electron chi connectivity index (χ4n) is 2.30. The smallest absolute Gasteiger partial charge is 0.137 e. The van der Waals surface area contributed by atoms with Crippen molar-refractivity contribution in [1.82, 2.24) is 9.97 Å². The fourth-order valence-corrected chi connectivity index (χ4v) is 2.30. The normalized spacial score (nSPS) is 10.6. The van der Waals surface area contributed by atoms with Crippen molar-refractivity contribution in [1.29, 1.82) is 0 Å². The molecule has 0 unspecified atom stereocenters. The van der Waals surface area contributed by atoms with Crippen molar-refractivity contribution >= 4 is 11.0 Å². The highest BCUT2D eigenvalue weighted by Crippen LogP contribution is 2.40. The summed E-state index contributed by atoms with van der Waals surface area (Å²) in [6.45, 7) is 0. The number of pyridine rings is 1. The number of benzene rings is 1. The third-order valence-electron chi connectivity index (χ3n) is 3.16. The topological polar surface area (TPSA) is 47.1 Å². The molecule has 0 fully saturated rings. The maximum Gasteiger partial charge on any atom is 0.137 e. The average Bonchev–Trinajstić information content (AvgIpc) is 2.94. The van der Waals surface area contributed by atoms with Crippen LogP contribution in [0.25, 0.3) is 22.2 Å². The molecule has 0 amide bonds. The van der Waals surface area contributed by atoms with Gasteiger partial charge in [-0.15, -0.1) is 0 Å². The van der Waals surface area contributed by atoms with Crippen LogP contribution in [0.2, 0.25) is 0 Å². The van der Waals surface area contributed by atoms with Gasteiger partial charge in [-0.3, -0.25) is 0 Å². The van der Waals surface area contributed by atoms with Crippen molar-refractivity contribution in [3.05, 3.63) is 42.7 Å². The minimum absolute atomic E-state index is 0.785. The first-order valence-corrected chi connectivity index (χ1v) is 5.98. The van der Waals surface area contributed by atoms with Gasteiger partial charge in [-0.2, -0.15) is 0 Å². The monoisotopic (exact) mass is 254 g/mol. The Bertz CT molecular complexity index is 697. The summed E-state index contributed by atoms with van der Waals surface area (Å²) in [7, 11) is 3.32. The summed E-state index contributed by atoms with van der Waals surface area (Å²) in [6.07, 6.45) is 3.66. The zero-order valence-electron chi connectivity index (χ0n) is 10.8. The number of aromatic amines is 1. The van der Waals surface area contributed by atoms with Gasteiger partial charge >= 0.3 is 0 Å². The van der Waals surface area contributed by atoms with Gasteiger partial charge in [0.05, 0.1) is 19.8 Å². The lowest BCUT2D eigenvalue weighted by Gasteiger charge is -2.13. The molecular weight excluding hydrogens is 240 g/mol. The van der Waals surface area contributed by atoms with Crippen molar-refractivity contribution in [2.75, 3.05) is 14.2 Å². The van der Waals surface area contributed by atoms with Crippen LogP contribution in [-0.2, 0) is 0 Å². The molecular formula is C15H14N2O2. The van der Waals surface area contributed by atoms with E-state index in [1.54, 1.807) is 20.4 Å².